The molecule has 2 atom stereocenters. The van der Waals surface area contributed by atoms with Crippen LogP contribution in [0.15, 0.2) is 24.3 Å². The first-order chi connectivity index (χ1) is 9.08. The largest absolute Gasteiger partial charge is 0.399 e. The number of morpholine rings is 1. The second-order valence-electron chi connectivity index (χ2n) is 5.19. The Hall–Kier alpha value is -1.26. The summed E-state index contributed by atoms with van der Waals surface area (Å²) < 4.78 is 5.77. The van der Waals surface area contributed by atoms with Crippen LogP contribution in [0.4, 0.5) is 5.69 Å². The molecule has 1 heterocycles. The summed E-state index contributed by atoms with van der Waals surface area (Å²) in [7, 11) is 0. The van der Waals surface area contributed by atoms with Gasteiger partial charge in [-0.1, -0.05) is 19.1 Å². The van der Waals surface area contributed by atoms with Gasteiger partial charge in [0.05, 0.1) is 18.6 Å². The lowest BCUT2D eigenvalue weighted by molar-refractivity contribution is -0.143. The highest BCUT2D eigenvalue weighted by atomic mass is 35.5. The number of carbonyl (C=O) groups is 1. The summed E-state index contributed by atoms with van der Waals surface area (Å²) in [5.74, 6) is 0.165. The van der Waals surface area contributed by atoms with Crippen LogP contribution in [-0.2, 0) is 16.0 Å². The van der Waals surface area contributed by atoms with Gasteiger partial charge in [0, 0.05) is 18.8 Å². The smallest absolute Gasteiger partial charge is 0.227 e. The van der Waals surface area contributed by atoms with E-state index in [0.717, 1.165) is 17.7 Å². The summed E-state index contributed by atoms with van der Waals surface area (Å²) in [6.45, 7) is 5.50. The quantitative estimate of drug-likeness (QED) is 0.871. The Labute approximate surface area is 126 Å². The third-order valence-corrected chi connectivity index (χ3v) is 3.47. The van der Waals surface area contributed by atoms with Crippen molar-refractivity contribution in [2.24, 2.45) is 0 Å². The van der Waals surface area contributed by atoms with E-state index >= 15 is 0 Å². The molecule has 0 spiro atoms. The topological polar surface area (TPSA) is 55.6 Å². The Morgan fingerprint density at radius 2 is 2.00 bits per heavy atom. The number of nitrogens with two attached hydrogens (primary N) is 1. The van der Waals surface area contributed by atoms with Crippen molar-refractivity contribution in [3.8, 4) is 0 Å². The monoisotopic (exact) mass is 298 g/mol. The van der Waals surface area contributed by atoms with Crippen LogP contribution in [0.2, 0.25) is 0 Å². The summed E-state index contributed by atoms with van der Waals surface area (Å²) in [5, 5.41) is 0. The van der Waals surface area contributed by atoms with E-state index in [0.29, 0.717) is 19.5 Å². The van der Waals surface area contributed by atoms with E-state index in [4.69, 9.17) is 10.5 Å². The molecule has 20 heavy (non-hydrogen) atoms. The van der Waals surface area contributed by atoms with E-state index in [1.165, 1.54) is 0 Å². The molecule has 0 bridgehead atoms. The molecule has 1 aliphatic rings. The van der Waals surface area contributed by atoms with E-state index in [9.17, 15) is 4.79 Å². The third kappa shape index (κ3) is 4.39. The molecule has 0 radical (unpaired) electrons. The Kier molecular flexibility index (Phi) is 6.30. The van der Waals surface area contributed by atoms with E-state index in [1.54, 1.807) is 0 Å². The van der Waals surface area contributed by atoms with E-state index < -0.39 is 0 Å². The van der Waals surface area contributed by atoms with E-state index in [-0.39, 0.29) is 30.5 Å². The van der Waals surface area contributed by atoms with Crippen molar-refractivity contribution in [2.75, 3.05) is 18.8 Å². The normalized spacial score (nSPS) is 22.2. The van der Waals surface area contributed by atoms with Gasteiger partial charge in [-0.3, -0.25) is 4.79 Å². The molecule has 2 rings (SSSR count). The molecule has 112 valence electrons. The third-order valence-electron chi connectivity index (χ3n) is 3.47. The molecule has 1 aromatic rings. The minimum absolute atomic E-state index is 0. The maximum atomic E-state index is 12.3. The van der Waals surface area contributed by atoms with Crippen molar-refractivity contribution in [1.29, 1.82) is 0 Å². The van der Waals surface area contributed by atoms with E-state index in [2.05, 4.69) is 6.92 Å². The van der Waals surface area contributed by atoms with Gasteiger partial charge in [0.15, 0.2) is 0 Å². The summed E-state index contributed by atoms with van der Waals surface area (Å²) >= 11 is 0. The second-order valence-corrected chi connectivity index (χ2v) is 5.19. The Balaban J connectivity index is 0.00000200. The number of rotatable bonds is 3. The van der Waals surface area contributed by atoms with Gasteiger partial charge in [0.1, 0.15) is 0 Å². The fourth-order valence-corrected chi connectivity index (χ4v) is 2.40. The first-order valence-corrected chi connectivity index (χ1v) is 6.86. The predicted molar refractivity (Wildman–Crippen MR) is 83.0 cm³/mol. The predicted octanol–water partition coefficient (Wildman–Crippen LogP) is 2.26. The number of hydrogen-bond acceptors (Lipinski definition) is 3. The molecule has 1 aliphatic heterocycles. The maximum absolute atomic E-state index is 12.3. The molecule has 2 unspecified atom stereocenters. The lowest BCUT2D eigenvalue weighted by atomic mass is 10.1. The number of benzene rings is 1. The number of nitrogens with zero attached hydrogens (tertiary/aromatic N) is 1. The van der Waals surface area contributed by atoms with Crippen molar-refractivity contribution in [3.05, 3.63) is 29.8 Å². The minimum atomic E-state index is 0. The van der Waals surface area contributed by atoms with Gasteiger partial charge < -0.3 is 15.4 Å². The lowest BCUT2D eigenvalue weighted by Crippen LogP contribution is -2.49. The van der Waals surface area contributed by atoms with Gasteiger partial charge in [-0.25, -0.2) is 0 Å². The number of anilines is 1. The highest BCUT2D eigenvalue weighted by Crippen LogP contribution is 2.15. The highest BCUT2D eigenvalue weighted by molar-refractivity contribution is 5.85. The van der Waals surface area contributed by atoms with Crippen molar-refractivity contribution in [1.82, 2.24) is 4.90 Å². The molecule has 0 aliphatic carbocycles. The van der Waals surface area contributed by atoms with Crippen LogP contribution in [0.25, 0.3) is 0 Å². The van der Waals surface area contributed by atoms with Gasteiger partial charge >= 0.3 is 0 Å². The summed E-state index contributed by atoms with van der Waals surface area (Å²) in [5.41, 5.74) is 7.37. The first kappa shape index (κ1) is 16.8. The zero-order valence-electron chi connectivity index (χ0n) is 12.0. The molecule has 2 N–H and O–H groups in total. The van der Waals surface area contributed by atoms with Gasteiger partial charge in [0.2, 0.25) is 5.91 Å². The maximum Gasteiger partial charge on any atom is 0.227 e. The van der Waals surface area contributed by atoms with Crippen molar-refractivity contribution in [3.63, 3.8) is 0 Å². The van der Waals surface area contributed by atoms with Gasteiger partial charge in [-0.2, -0.15) is 0 Å². The average molecular weight is 299 g/mol. The second kappa shape index (κ2) is 7.50. The SMILES string of the molecule is CCC1CN(C(=O)Cc2ccc(N)cc2)CC(C)O1.Cl. The number of ether oxygens (including phenoxy) is 1. The minimum Gasteiger partial charge on any atom is -0.399 e. The molecule has 1 aromatic carbocycles. The Morgan fingerprint density at radius 3 is 2.60 bits per heavy atom. The van der Waals surface area contributed by atoms with Crippen LogP contribution in [0.1, 0.15) is 25.8 Å². The molecule has 0 saturated carbocycles. The summed E-state index contributed by atoms with van der Waals surface area (Å²) in [6.07, 6.45) is 1.66. The van der Waals surface area contributed by atoms with Crippen molar-refractivity contribution < 1.29 is 9.53 Å². The average Bonchev–Trinajstić information content (AvgIpc) is 2.40. The molecule has 1 amide bonds. The number of nitrogen functional groups attached to an aromatic ring is 1. The Bertz CT molecular complexity index is 436. The zero-order chi connectivity index (χ0) is 13.8. The summed E-state index contributed by atoms with van der Waals surface area (Å²) in [6, 6.07) is 7.49. The van der Waals surface area contributed by atoms with Crippen LogP contribution in [0.3, 0.4) is 0 Å². The molecule has 4 nitrogen and oxygen atoms in total. The number of hydrogen-bond donors (Lipinski definition) is 1. The Morgan fingerprint density at radius 1 is 1.35 bits per heavy atom. The van der Waals surface area contributed by atoms with Crippen LogP contribution >= 0.6 is 12.4 Å². The number of carbonyl (C=O) groups excluding carboxylic acids is 1. The van der Waals surface area contributed by atoms with Gasteiger partial charge in [-0.05, 0) is 31.0 Å². The van der Waals surface area contributed by atoms with Crippen molar-refractivity contribution in [2.45, 2.75) is 38.9 Å². The van der Waals surface area contributed by atoms with Crippen LogP contribution < -0.4 is 5.73 Å². The first-order valence-electron chi connectivity index (χ1n) is 6.86. The highest BCUT2D eigenvalue weighted by Gasteiger charge is 2.27. The van der Waals surface area contributed by atoms with Gasteiger partial charge in [0.25, 0.3) is 0 Å². The van der Waals surface area contributed by atoms with Crippen molar-refractivity contribution >= 4 is 24.0 Å². The van der Waals surface area contributed by atoms with Gasteiger partial charge in [-0.15, -0.1) is 12.4 Å². The molecule has 5 heteroatoms. The standard InChI is InChI=1S/C15H22N2O2.ClH/c1-3-14-10-17(9-11(2)19-14)15(18)8-12-4-6-13(16)7-5-12;/h4-7,11,14H,3,8-10,16H2,1-2H3;1H. The number of amides is 1. The van der Waals surface area contributed by atoms with Crippen LogP contribution in [-0.4, -0.2) is 36.1 Å². The fourth-order valence-electron chi connectivity index (χ4n) is 2.40. The summed E-state index contributed by atoms with van der Waals surface area (Å²) in [4.78, 5) is 14.2. The van der Waals surface area contributed by atoms with Crippen LogP contribution in [0.5, 0.6) is 0 Å². The number of halogens is 1. The molecule has 1 fully saturated rings. The fraction of sp³-hybridized carbons (Fsp3) is 0.533. The van der Waals surface area contributed by atoms with Crippen LogP contribution in [0, 0.1) is 0 Å². The zero-order valence-corrected chi connectivity index (χ0v) is 12.9. The molecular formula is C15H23ClN2O2. The molecule has 1 saturated heterocycles. The molecular weight excluding hydrogens is 276 g/mol. The van der Waals surface area contributed by atoms with E-state index in [1.807, 2.05) is 36.1 Å². The lowest BCUT2D eigenvalue weighted by Gasteiger charge is -2.36. The molecule has 0 aromatic heterocycles.